The Morgan fingerprint density at radius 1 is 1.17 bits per heavy atom. The molecule has 1 unspecified atom stereocenters. The van der Waals surface area contributed by atoms with Crippen molar-refractivity contribution in [2.24, 2.45) is 10.2 Å². The van der Waals surface area contributed by atoms with Gasteiger partial charge in [0.25, 0.3) is 6.43 Å². The van der Waals surface area contributed by atoms with Gasteiger partial charge in [-0.05, 0) is 12.1 Å². The molecule has 0 radical (unpaired) electrons. The number of hydrogen-bond donors (Lipinski definition) is 0. The van der Waals surface area contributed by atoms with Crippen molar-refractivity contribution in [1.82, 2.24) is 9.29 Å². The lowest BCUT2D eigenvalue weighted by Crippen LogP contribution is -2.42. The summed E-state index contributed by atoms with van der Waals surface area (Å²) in [6.07, 6.45) is -0.923. The number of hydrogen-bond acceptors (Lipinski definition) is 6. The number of thiazole rings is 1. The number of benzene rings is 1. The van der Waals surface area contributed by atoms with E-state index in [1.807, 2.05) is 50.7 Å². The van der Waals surface area contributed by atoms with Crippen LogP contribution in [0.4, 0.5) is 14.5 Å². The van der Waals surface area contributed by atoms with E-state index in [0.717, 1.165) is 35.3 Å². The van der Waals surface area contributed by atoms with E-state index in [1.165, 1.54) is 11.3 Å². The Bertz CT molecular complexity index is 929. The van der Waals surface area contributed by atoms with Gasteiger partial charge in [-0.25, -0.2) is 22.3 Å². The number of rotatable bonds is 7. The van der Waals surface area contributed by atoms with Crippen molar-refractivity contribution in [2.45, 2.75) is 19.4 Å². The van der Waals surface area contributed by atoms with Gasteiger partial charge in [-0.1, -0.05) is 18.2 Å². The van der Waals surface area contributed by atoms with Crippen molar-refractivity contribution in [3.05, 3.63) is 46.4 Å². The Hall–Kier alpha value is -1.69. The first kappa shape index (κ1) is 20.6. The van der Waals surface area contributed by atoms with E-state index in [-0.39, 0.29) is 12.1 Å². The molecule has 4 rings (SSSR count). The first-order valence-corrected chi connectivity index (χ1v) is 12.1. The highest BCUT2D eigenvalue weighted by molar-refractivity contribution is 7.99. The fourth-order valence-electron chi connectivity index (χ4n) is 2.94. The lowest BCUT2D eigenvalue weighted by Gasteiger charge is -2.31. The van der Waals surface area contributed by atoms with Crippen LogP contribution in [0.2, 0.25) is 0 Å². The van der Waals surface area contributed by atoms with E-state index in [1.54, 1.807) is 6.20 Å². The summed E-state index contributed by atoms with van der Waals surface area (Å²) in [5, 5.41) is 8.19. The number of halogens is 2. The van der Waals surface area contributed by atoms with Crippen LogP contribution in [0.25, 0.3) is 0 Å². The molecule has 1 saturated heterocycles. The SMILES string of the molecule is O=S(N1CCSCC1)N(Cc1ncc(C2=NN=C(C(F)F)C2)s1)c1ccccc1. The summed E-state index contributed by atoms with van der Waals surface area (Å²) in [7, 11) is 0. The third kappa shape index (κ3) is 4.90. The minimum Gasteiger partial charge on any atom is -0.272 e. The smallest absolute Gasteiger partial charge is 0.272 e. The first-order valence-electron chi connectivity index (χ1n) is 9.05. The van der Waals surface area contributed by atoms with E-state index in [9.17, 15) is 13.0 Å². The van der Waals surface area contributed by atoms with Gasteiger partial charge in [0.1, 0.15) is 10.7 Å². The number of aromatic nitrogens is 1. The van der Waals surface area contributed by atoms with Crippen molar-refractivity contribution in [3.8, 4) is 0 Å². The number of nitrogens with zero attached hydrogens (tertiary/aromatic N) is 5. The zero-order valence-corrected chi connectivity index (χ0v) is 17.9. The zero-order valence-electron chi connectivity index (χ0n) is 15.4. The molecule has 2 aliphatic heterocycles. The molecule has 2 aliphatic rings. The zero-order chi connectivity index (χ0) is 20.2. The van der Waals surface area contributed by atoms with Crippen LogP contribution >= 0.6 is 23.1 Å². The van der Waals surface area contributed by atoms with Crippen LogP contribution < -0.4 is 4.31 Å². The minimum absolute atomic E-state index is 0.0407. The first-order chi connectivity index (χ1) is 14.1. The van der Waals surface area contributed by atoms with Gasteiger partial charge < -0.3 is 0 Å². The summed E-state index contributed by atoms with van der Waals surface area (Å²) >= 11 is 1.90. The Morgan fingerprint density at radius 2 is 1.93 bits per heavy atom. The van der Waals surface area contributed by atoms with Gasteiger partial charge in [-0.3, -0.25) is 4.31 Å². The highest BCUT2D eigenvalue weighted by Gasteiger charge is 2.26. The topological polar surface area (TPSA) is 61.2 Å². The molecule has 1 aromatic heterocycles. The fourth-order valence-corrected chi connectivity index (χ4v) is 6.35. The highest BCUT2D eigenvalue weighted by Crippen LogP contribution is 2.26. The summed E-state index contributed by atoms with van der Waals surface area (Å²) in [5.74, 6) is 1.92. The second-order valence-electron chi connectivity index (χ2n) is 6.38. The second kappa shape index (κ2) is 9.41. The summed E-state index contributed by atoms with van der Waals surface area (Å²) in [5.41, 5.74) is 1.14. The molecule has 0 spiro atoms. The Balaban J connectivity index is 1.51. The molecule has 3 heterocycles. The molecule has 0 saturated carbocycles. The molecule has 11 heteroatoms. The van der Waals surface area contributed by atoms with Crippen molar-refractivity contribution < 1.29 is 13.0 Å². The van der Waals surface area contributed by atoms with E-state index in [0.29, 0.717) is 17.1 Å². The van der Waals surface area contributed by atoms with Crippen molar-refractivity contribution >= 4 is 51.4 Å². The molecule has 1 fully saturated rings. The molecular weight excluding hydrogens is 436 g/mol. The van der Waals surface area contributed by atoms with E-state index in [2.05, 4.69) is 15.2 Å². The van der Waals surface area contributed by atoms with Gasteiger partial charge in [0, 0.05) is 37.2 Å². The average Bonchev–Trinajstić information content (AvgIpc) is 3.42. The highest BCUT2D eigenvalue weighted by atomic mass is 32.2. The van der Waals surface area contributed by atoms with Crippen LogP contribution in [0, 0.1) is 0 Å². The minimum atomic E-state index is -2.60. The molecule has 6 nitrogen and oxygen atoms in total. The molecule has 0 N–H and O–H groups in total. The lowest BCUT2D eigenvalue weighted by molar-refractivity contribution is 0.224. The monoisotopic (exact) mass is 455 g/mol. The number of anilines is 1. The maximum atomic E-state index is 13.3. The average molecular weight is 456 g/mol. The Kier molecular flexibility index (Phi) is 6.68. The Morgan fingerprint density at radius 3 is 2.62 bits per heavy atom. The predicted octanol–water partition coefficient (Wildman–Crippen LogP) is 3.59. The van der Waals surface area contributed by atoms with Crippen LogP contribution in [0.3, 0.4) is 0 Å². The van der Waals surface area contributed by atoms with Crippen LogP contribution in [-0.2, 0) is 17.7 Å². The Labute approximate surface area is 178 Å². The maximum absolute atomic E-state index is 13.3. The largest absolute Gasteiger partial charge is 0.278 e. The van der Waals surface area contributed by atoms with Gasteiger partial charge in [0.2, 0.25) is 0 Å². The standard InChI is InChI=1S/C18H19F2N5OS3/c19-18(20)15-10-14(22-23-15)16-11-21-17(28-16)12-25(13-4-2-1-3-5-13)29(26)24-6-8-27-9-7-24/h1-5,11,18H,6-10,12H2. The molecule has 29 heavy (non-hydrogen) atoms. The molecule has 0 amide bonds. The van der Waals surface area contributed by atoms with Gasteiger partial charge in [0.15, 0.2) is 11.2 Å². The number of thioether (sulfide) groups is 1. The second-order valence-corrected chi connectivity index (χ2v) is 10.1. The van der Waals surface area contributed by atoms with Crippen molar-refractivity contribution in [2.75, 3.05) is 28.9 Å². The van der Waals surface area contributed by atoms with E-state index >= 15 is 0 Å². The van der Waals surface area contributed by atoms with Gasteiger partial charge >= 0.3 is 0 Å². The molecule has 1 atom stereocenters. The summed E-state index contributed by atoms with van der Waals surface area (Å²) < 4.78 is 42.7. The fraction of sp³-hybridized carbons (Fsp3) is 0.389. The molecule has 0 bridgehead atoms. The summed E-state index contributed by atoms with van der Waals surface area (Å²) in [6, 6.07) is 9.59. The third-order valence-corrected chi connectivity index (χ3v) is 7.94. The molecule has 154 valence electrons. The van der Waals surface area contributed by atoms with Crippen LogP contribution in [-0.4, -0.2) is 55.9 Å². The van der Waals surface area contributed by atoms with Crippen LogP contribution in [0.5, 0.6) is 0 Å². The van der Waals surface area contributed by atoms with Crippen molar-refractivity contribution in [1.29, 1.82) is 0 Å². The predicted molar refractivity (Wildman–Crippen MR) is 116 cm³/mol. The quantitative estimate of drug-likeness (QED) is 0.641. The van der Waals surface area contributed by atoms with Gasteiger partial charge in [0.05, 0.1) is 22.8 Å². The van der Waals surface area contributed by atoms with Gasteiger partial charge in [-0.15, -0.1) is 11.3 Å². The number of para-hydroxylation sites is 1. The van der Waals surface area contributed by atoms with E-state index in [4.69, 9.17) is 0 Å². The van der Waals surface area contributed by atoms with Crippen LogP contribution in [0.15, 0.2) is 46.7 Å². The molecule has 2 aromatic rings. The summed E-state index contributed by atoms with van der Waals surface area (Å²) in [4.78, 5) is 5.14. The normalized spacial score (nSPS) is 18.6. The molecular formula is C18H19F2N5OS3. The van der Waals surface area contributed by atoms with E-state index < -0.39 is 17.6 Å². The van der Waals surface area contributed by atoms with Crippen LogP contribution in [0.1, 0.15) is 16.3 Å². The third-order valence-electron chi connectivity index (χ3n) is 4.44. The van der Waals surface area contributed by atoms with Gasteiger partial charge in [-0.2, -0.15) is 22.0 Å². The lowest BCUT2D eigenvalue weighted by atomic mass is 10.2. The molecule has 0 aliphatic carbocycles. The molecule has 1 aromatic carbocycles. The number of alkyl halides is 2. The van der Waals surface area contributed by atoms with Crippen molar-refractivity contribution in [3.63, 3.8) is 0 Å². The summed E-state index contributed by atoms with van der Waals surface area (Å²) in [6.45, 7) is 1.91. The maximum Gasteiger partial charge on any atom is 0.278 e.